The Bertz CT molecular complexity index is 1520. The van der Waals surface area contributed by atoms with Crippen molar-refractivity contribution in [3.05, 3.63) is 88.6 Å². The maximum absolute atomic E-state index is 11.7. The fourth-order valence-electron chi connectivity index (χ4n) is 5.48. The van der Waals surface area contributed by atoms with Gasteiger partial charge in [-0.1, -0.05) is 30.3 Å². The van der Waals surface area contributed by atoms with E-state index in [9.17, 15) is 8.42 Å². The Balaban J connectivity index is 1.27. The lowest BCUT2D eigenvalue weighted by Crippen LogP contribution is -2.39. The van der Waals surface area contributed by atoms with Crippen molar-refractivity contribution in [2.24, 2.45) is 0 Å². The molecule has 1 aromatic heterocycles. The molecule has 1 atom stereocenters. The first-order valence-corrected chi connectivity index (χ1v) is 13.7. The monoisotopic (exact) mass is 488 g/mol. The largest absolute Gasteiger partial charge is 0.493 e. The van der Waals surface area contributed by atoms with Crippen LogP contribution < -0.4 is 9.47 Å². The van der Waals surface area contributed by atoms with E-state index in [-0.39, 0.29) is 0 Å². The van der Waals surface area contributed by atoms with Crippen molar-refractivity contribution in [1.29, 1.82) is 0 Å². The van der Waals surface area contributed by atoms with Crippen molar-refractivity contribution in [2.75, 3.05) is 19.9 Å². The number of benzene rings is 3. The van der Waals surface area contributed by atoms with Crippen molar-refractivity contribution in [2.45, 2.75) is 36.9 Å². The van der Waals surface area contributed by atoms with Crippen molar-refractivity contribution >= 4 is 20.7 Å². The predicted molar refractivity (Wildman–Crippen MR) is 136 cm³/mol. The molecule has 4 aromatic rings. The third-order valence-corrected chi connectivity index (χ3v) is 8.43. The van der Waals surface area contributed by atoms with E-state index in [1.165, 1.54) is 39.5 Å². The molecule has 3 aromatic carbocycles. The Morgan fingerprint density at radius 2 is 1.86 bits per heavy atom. The molecule has 1 N–H and O–H groups in total. The molecule has 0 aliphatic carbocycles. The average molecular weight is 489 g/mol. The quantitative estimate of drug-likeness (QED) is 0.436. The van der Waals surface area contributed by atoms with E-state index < -0.39 is 9.84 Å². The molecule has 0 radical (unpaired) electrons. The second-order valence-electron chi connectivity index (χ2n) is 9.47. The van der Waals surface area contributed by atoms with Crippen LogP contribution in [0.5, 0.6) is 11.5 Å². The van der Waals surface area contributed by atoms with Crippen LogP contribution in [-0.4, -0.2) is 38.2 Å². The first kappa shape index (κ1) is 22.2. The highest BCUT2D eigenvalue weighted by atomic mass is 32.2. The lowest BCUT2D eigenvalue weighted by molar-refractivity contribution is 0.158. The van der Waals surface area contributed by atoms with E-state index in [2.05, 4.69) is 46.3 Å². The summed E-state index contributed by atoms with van der Waals surface area (Å²) in [7, 11) is -1.54. The number of para-hydroxylation sites is 1. The molecular weight excluding hydrogens is 460 g/mol. The smallest absolute Gasteiger partial charge is 0.175 e. The molecule has 1 unspecified atom stereocenters. The minimum atomic E-state index is -3.21. The van der Waals surface area contributed by atoms with Gasteiger partial charge in [-0.25, -0.2) is 8.42 Å². The summed E-state index contributed by atoms with van der Waals surface area (Å²) in [5.74, 6) is 1.44. The molecule has 2 aliphatic heterocycles. The van der Waals surface area contributed by atoms with Crippen LogP contribution in [0.1, 0.15) is 34.0 Å². The van der Waals surface area contributed by atoms with E-state index in [4.69, 9.17) is 9.47 Å². The molecule has 35 heavy (non-hydrogen) atoms. The molecule has 0 spiro atoms. The molecular formula is C28H28N2O4S. The fraction of sp³-hybridized carbons (Fsp3) is 0.286. The third-order valence-electron chi connectivity index (χ3n) is 7.30. The summed E-state index contributed by atoms with van der Waals surface area (Å²) in [4.78, 5) is 6.50. The average Bonchev–Trinajstić information content (AvgIpc) is 3.22. The molecule has 3 heterocycles. The van der Waals surface area contributed by atoms with Crippen LogP contribution in [0, 0.1) is 0 Å². The van der Waals surface area contributed by atoms with Crippen molar-refractivity contribution < 1.29 is 17.9 Å². The van der Waals surface area contributed by atoms with E-state index in [1.54, 1.807) is 31.4 Å². The fourth-order valence-corrected chi connectivity index (χ4v) is 6.11. The Morgan fingerprint density at radius 3 is 2.63 bits per heavy atom. The maximum atomic E-state index is 11.7. The number of fused-ring (bicyclic) bond motifs is 6. The zero-order valence-corrected chi connectivity index (χ0v) is 20.7. The SMILES string of the molecule is COc1cc2c(cc1OCc1ccc(S(C)(=O)=O)cc1)CCN1Cc3[nH]c4ccccc4c3CC21. The van der Waals surface area contributed by atoms with Crippen molar-refractivity contribution in [3.63, 3.8) is 0 Å². The van der Waals surface area contributed by atoms with Crippen LogP contribution in [0.2, 0.25) is 0 Å². The number of methoxy groups -OCH3 is 1. The molecule has 0 amide bonds. The Morgan fingerprint density at radius 1 is 1.06 bits per heavy atom. The Kier molecular flexibility index (Phi) is 5.34. The molecule has 2 aliphatic rings. The molecule has 0 saturated heterocycles. The molecule has 6 nitrogen and oxygen atoms in total. The zero-order valence-electron chi connectivity index (χ0n) is 19.9. The van der Waals surface area contributed by atoms with Gasteiger partial charge in [0, 0.05) is 42.0 Å². The second kappa shape index (κ2) is 8.43. The van der Waals surface area contributed by atoms with E-state index >= 15 is 0 Å². The minimum Gasteiger partial charge on any atom is -0.493 e. The van der Waals surface area contributed by atoms with Gasteiger partial charge in [0.1, 0.15) is 6.61 Å². The summed E-state index contributed by atoms with van der Waals surface area (Å²) in [6.45, 7) is 2.27. The number of aromatic nitrogens is 1. The third kappa shape index (κ3) is 3.98. The van der Waals surface area contributed by atoms with Crippen molar-refractivity contribution in [3.8, 4) is 11.5 Å². The standard InChI is InChI=1S/C28H28N2O4S/c1-33-27-15-22-19(13-28(27)34-17-18-7-9-20(10-8-18)35(2,31)32)11-12-30-16-25-23(14-26(22)30)21-5-3-4-6-24(21)29-25/h3-10,13,15,26,29H,11-12,14,16-17H2,1-2H3. The topological polar surface area (TPSA) is 71.6 Å². The molecule has 7 heteroatoms. The van der Waals surface area contributed by atoms with Crippen LogP contribution >= 0.6 is 0 Å². The lowest BCUT2D eigenvalue weighted by Gasteiger charge is -2.40. The molecule has 0 fully saturated rings. The highest BCUT2D eigenvalue weighted by Gasteiger charge is 2.34. The van der Waals surface area contributed by atoms with Gasteiger partial charge in [-0.2, -0.15) is 0 Å². The number of aromatic amines is 1. The molecule has 0 saturated carbocycles. The van der Waals surface area contributed by atoms with E-state index in [0.717, 1.165) is 43.0 Å². The van der Waals surface area contributed by atoms with Gasteiger partial charge in [-0.3, -0.25) is 4.90 Å². The van der Waals surface area contributed by atoms with Gasteiger partial charge in [-0.05, 0) is 65.4 Å². The van der Waals surface area contributed by atoms with Crippen LogP contribution in [0.4, 0.5) is 0 Å². The highest BCUT2D eigenvalue weighted by Crippen LogP contribution is 2.44. The summed E-state index contributed by atoms with van der Waals surface area (Å²) >= 11 is 0. The van der Waals surface area contributed by atoms with Gasteiger partial charge in [0.05, 0.1) is 12.0 Å². The van der Waals surface area contributed by atoms with Crippen LogP contribution in [-0.2, 0) is 35.8 Å². The van der Waals surface area contributed by atoms with Gasteiger partial charge in [0.15, 0.2) is 21.3 Å². The van der Waals surface area contributed by atoms with Crippen LogP contribution in [0.15, 0.2) is 65.6 Å². The van der Waals surface area contributed by atoms with Crippen LogP contribution in [0.25, 0.3) is 10.9 Å². The molecule has 180 valence electrons. The lowest BCUT2D eigenvalue weighted by atomic mass is 9.85. The summed E-state index contributed by atoms with van der Waals surface area (Å²) < 4.78 is 35.3. The number of rotatable bonds is 5. The van der Waals surface area contributed by atoms with Gasteiger partial charge in [-0.15, -0.1) is 0 Å². The number of nitrogens with one attached hydrogen (secondary N) is 1. The number of sulfone groups is 1. The summed E-state index contributed by atoms with van der Waals surface area (Å²) in [5, 5.41) is 1.32. The van der Waals surface area contributed by atoms with Gasteiger partial charge < -0.3 is 14.5 Å². The normalized spacial score (nSPS) is 17.5. The number of H-pyrrole nitrogens is 1. The first-order valence-electron chi connectivity index (χ1n) is 11.9. The van der Waals surface area contributed by atoms with Crippen LogP contribution in [0.3, 0.4) is 0 Å². The van der Waals surface area contributed by atoms with E-state index in [0.29, 0.717) is 17.5 Å². The summed E-state index contributed by atoms with van der Waals surface area (Å²) in [6.07, 6.45) is 3.15. The van der Waals surface area contributed by atoms with Crippen molar-refractivity contribution in [1.82, 2.24) is 9.88 Å². The Labute approximate surface area is 205 Å². The maximum Gasteiger partial charge on any atom is 0.175 e. The Hall–Kier alpha value is -3.29. The number of nitrogens with zero attached hydrogens (tertiary/aromatic N) is 1. The van der Waals surface area contributed by atoms with Gasteiger partial charge >= 0.3 is 0 Å². The van der Waals surface area contributed by atoms with Gasteiger partial charge in [0.25, 0.3) is 0 Å². The molecule has 0 bridgehead atoms. The zero-order chi connectivity index (χ0) is 24.2. The van der Waals surface area contributed by atoms with Gasteiger partial charge in [0.2, 0.25) is 0 Å². The number of hydrogen-bond acceptors (Lipinski definition) is 5. The van der Waals surface area contributed by atoms with E-state index in [1.807, 2.05) is 0 Å². The number of hydrogen-bond donors (Lipinski definition) is 1. The summed E-state index contributed by atoms with van der Waals surface area (Å²) in [6, 6.07) is 20.0. The summed E-state index contributed by atoms with van der Waals surface area (Å²) in [5.41, 5.74) is 7.49. The minimum absolute atomic E-state index is 0.308. The second-order valence-corrected chi connectivity index (χ2v) is 11.5. The predicted octanol–water partition coefficient (Wildman–Crippen LogP) is 4.81. The number of ether oxygens (including phenoxy) is 2. The first-order chi connectivity index (χ1) is 16.9. The highest BCUT2D eigenvalue weighted by molar-refractivity contribution is 7.90. The molecule has 6 rings (SSSR count).